The van der Waals surface area contributed by atoms with Crippen molar-refractivity contribution in [3.63, 3.8) is 0 Å². The molecular weight excluding hydrogens is 409 g/mol. The van der Waals surface area contributed by atoms with Crippen molar-refractivity contribution in [3.05, 3.63) is 48.2 Å². The summed E-state index contributed by atoms with van der Waals surface area (Å²) >= 11 is 0. The largest absolute Gasteiger partial charge is 0.348 e. The zero-order chi connectivity index (χ0) is 18.8. The van der Waals surface area contributed by atoms with E-state index in [0.29, 0.717) is 12.1 Å². The molecule has 0 bridgehead atoms. The van der Waals surface area contributed by atoms with Gasteiger partial charge in [0.1, 0.15) is 0 Å². The Bertz CT molecular complexity index is 960. The zero-order valence-electron chi connectivity index (χ0n) is 16.6. The van der Waals surface area contributed by atoms with Crippen molar-refractivity contribution in [1.82, 2.24) is 25.4 Å². The van der Waals surface area contributed by atoms with Gasteiger partial charge in [-0.15, -0.1) is 24.8 Å². The summed E-state index contributed by atoms with van der Waals surface area (Å²) in [6.07, 6.45) is 3.82. The topological polar surface area (TPSA) is 71.8 Å². The first kappa shape index (κ1) is 23.1. The predicted molar refractivity (Wildman–Crippen MR) is 121 cm³/mol. The van der Waals surface area contributed by atoms with Gasteiger partial charge in [-0.3, -0.25) is 4.79 Å². The van der Waals surface area contributed by atoms with Gasteiger partial charge in [0.25, 0.3) is 5.91 Å². The third kappa shape index (κ3) is 4.71. The molecule has 3 heterocycles. The van der Waals surface area contributed by atoms with Crippen LogP contribution >= 0.6 is 24.8 Å². The van der Waals surface area contributed by atoms with Crippen molar-refractivity contribution in [2.75, 3.05) is 6.54 Å². The molecule has 1 aliphatic rings. The number of amides is 1. The number of nitrogens with one attached hydrogen (secondary N) is 2. The highest BCUT2D eigenvalue weighted by Gasteiger charge is 2.25. The normalized spacial score (nSPS) is 18.6. The second-order valence-electron chi connectivity index (χ2n) is 7.08. The van der Waals surface area contributed by atoms with Crippen LogP contribution in [0.2, 0.25) is 0 Å². The van der Waals surface area contributed by atoms with Crippen LogP contribution in [-0.2, 0) is 6.54 Å². The molecule has 2 atom stereocenters. The van der Waals surface area contributed by atoms with Crippen LogP contribution in [0.1, 0.15) is 37.0 Å². The summed E-state index contributed by atoms with van der Waals surface area (Å²) in [5.74, 6) is -0.0595. The second-order valence-corrected chi connectivity index (χ2v) is 7.08. The quantitative estimate of drug-likeness (QED) is 0.652. The van der Waals surface area contributed by atoms with E-state index in [1.165, 1.54) is 0 Å². The molecule has 3 aromatic rings. The highest BCUT2D eigenvalue weighted by Crippen LogP contribution is 2.25. The molecule has 8 heteroatoms. The average Bonchev–Trinajstić information content (AvgIpc) is 3.12. The van der Waals surface area contributed by atoms with Crippen molar-refractivity contribution in [3.8, 4) is 11.3 Å². The van der Waals surface area contributed by atoms with Gasteiger partial charge >= 0.3 is 0 Å². The Balaban J connectivity index is 0.00000150. The first-order valence-electron chi connectivity index (χ1n) is 9.63. The number of nitrogens with zero attached hydrogens (tertiary/aromatic N) is 3. The maximum atomic E-state index is 13.1. The fourth-order valence-electron chi connectivity index (χ4n) is 3.71. The average molecular weight is 436 g/mol. The Morgan fingerprint density at radius 1 is 1.28 bits per heavy atom. The van der Waals surface area contributed by atoms with E-state index >= 15 is 0 Å². The Kier molecular flexibility index (Phi) is 8.02. The van der Waals surface area contributed by atoms with Gasteiger partial charge in [0.2, 0.25) is 0 Å². The molecule has 1 amide bonds. The number of pyridine rings is 1. The van der Waals surface area contributed by atoms with Gasteiger partial charge in [-0.2, -0.15) is 5.10 Å². The van der Waals surface area contributed by atoms with Crippen LogP contribution in [0.4, 0.5) is 0 Å². The molecule has 2 aromatic heterocycles. The molecule has 1 saturated heterocycles. The van der Waals surface area contributed by atoms with Crippen LogP contribution in [0.5, 0.6) is 0 Å². The fourth-order valence-corrected chi connectivity index (χ4v) is 3.71. The van der Waals surface area contributed by atoms with E-state index in [-0.39, 0.29) is 42.8 Å². The lowest BCUT2D eigenvalue weighted by Gasteiger charge is -2.30. The summed E-state index contributed by atoms with van der Waals surface area (Å²) in [4.78, 5) is 17.9. The number of carbonyl (C=O) groups excluding carboxylic acids is 1. The summed E-state index contributed by atoms with van der Waals surface area (Å²) < 4.78 is 1.84. The summed E-state index contributed by atoms with van der Waals surface area (Å²) in [6.45, 7) is 5.86. The lowest BCUT2D eigenvalue weighted by atomic mass is 9.99. The summed E-state index contributed by atoms with van der Waals surface area (Å²) in [5, 5.41) is 11.9. The highest BCUT2D eigenvalue weighted by atomic mass is 35.5. The Hall–Kier alpha value is -2.15. The van der Waals surface area contributed by atoms with Gasteiger partial charge < -0.3 is 10.6 Å². The SMILES string of the molecule is CCn1ncc2c(C(=O)NC3CCCNC3C)cc(-c3ccccc3)nc21.Cl.Cl. The van der Waals surface area contributed by atoms with Crippen LogP contribution in [-0.4, -0.2) is 39.3 Å². The number of fused-ring (bicyclic) bond motifs is 1. The van der Waals surface area contributed by atoms with E-state index in [1.807, 2.05) is 48.0 Å². The number of halogens is 2. The number of hydrogen-bond acceptors (Lipinski definition) is 4. The minimum atomic E-state index is -0.0595. The number of aryl methyl sites for hydroxylation is 1. The second kappa shape index (κ2) is 10.1. The van der Waals surface area contributed by atoms with E-state index in [9.17, 15) is 4.79 Å². The van der Waals surface area contributed by atoms with Crippen LogP contribution in [0.3, 0.4) is 0 Å². The summed E-state index contributed by atoms with van der Waals surface area (Å²) in [5.41, 5.74) is 3.17. The van der Waals surface area contributed by atoms with Gasteiger partial charge in [-0.25, -0.2) is 9.67 Å². The number of rotatable bonds is 4. The van der Waals surface area contributed by atoms with Crippen molar-refractivity contribution < 1.29 is 4.79 Å². The van der Waals surface area contributed by atoms with Crippen molar-refractivity contribution in [2.24, 2.45) is 0 Å². The summed E-state index contributed by atoms with van der Waals surface area (Å²) in [7, 11) is 0. The van der Waals surface area contributed by atoms with Crippen LogP contribution < -0.4 is 10.6 Å². The number of carbonyl (C=O) groups is 1. The van der Waals surface area contributed by atoms with Gasteiger partial charge in [-0.1, -0.05) is 30.3 Å². The first-order valence-corrected chi connectivity index (χ1v) is 9.63. The van der Waals surface area contributed by atoms with Crippen LogP contribution in [0.15, 0.2) is 42.6 Å². The van der Waals surface area contributed by atoms with Crippen LogP contribution in [0.25, 0.3) is 22.3 Å². The minimum absolute atomic E-state index is 0. The van der Waals surface area contributed by atoms with Crippen LogP contribution in [0, 0.1) is 0 Å². The first-order chi connectivity index (χ1) is 13.2. The number of benzene rings is 1. The van der Waals surface area contributed by atoms with Gasteiger partial charge in [0, 0.05) is 24.2 Å². The lowest BCUT2D eigenvalue weighted by molar-refractivity contribution is 0.0921. The minimum Gasteiger partial charge on any atom is -0.348 e. The molecular formula is C21H27Cl2N5O. The molecule has 1 aliphatic heterocycles. The molecule has 0 radical (unpaired) electrons. The molecule has 1 fully saturated rings. The van der Waals surface area contributed by atoms with Gasteiger partial charge in [0.15, 0.2) is 5.65 Å². The Morgan fingerprint density at radius 2 is 2.03 bits per heavy atom. The predicted octanol–water partition coefficient (Wildman–Crippen LogP) is 3.83. The molecule has 6 nitrogen and oxygen atoms in total. The molecule has 0 saturated carbocycles. The van der Waals surface area contributed by atoms with E-state index in [4.69, 9.17) is 4.98 Å². The third-order valence-electron chi connectivity index (χ3n) is 5.30. The molecule has 1 aromatic carbocycles. The molecule has 4 rings (SSSR count). The lowest BCUT2D eigenvalue weighted by Crippen LogP contribution is -2.51. The van der Waals surface area contributed by atoms with Gasteiger partial charge in [0.05, 0.1) is 22.8 Å². The molecule has 0 aliphatic carbocycles. The summed E-state index contributed by atoms with van der Waals surface area (Å²) in [6, 6.07) is 12.2. The molecule has 0 spiro atoms. The van der Waals surface area contributed by atoms with E-state index in [0.717, 1.165) is 41.7 Å². The molecule has 2 N–H and O–H groups in total. The van der Waals surface area contributed by atoms with Crippen molar-refractivity contribution in [1.29, 1.82) is 0 Å². The standard InChI is InChI=1S/C21H25N5O.2ClH/c1-3-26-20-17(13-23-26)16(12-19(24-20)15-8-5-4-6-9-15)21(27)25-18-10-7-11-22-14(18)2;;/h4-6,8-9,12-14,18,22H,3,7,10-11H2,1-2H3,(H,25,27);2*1H. The Morgan fingerprint density at radius 3 is 2.72 bits per heavy atom. The smallest absolute Gasteiger partial charge is 0.252 e. The van der Waals surface area contributed by atoms with Crippen molar-refractivity contribution in [2.45, 2.75) is 45.3 Å². The number of hydrogen-bond donors (Lipinski definition) is 2. The highest BCUT2D eigenvalue weighted by molar-refractivity contribution is 6.06. The zero-order valence-corrected chi connectivity index (χ0v) is 18.2. The van der Waals surface area contributed by atoms with Crippen molar-refractivity contribution >= 4 is 41.8 Å². The molecule has 2 unspecified atom stereocenters. The maximum absolute atomic E-state index is 13.1. The monoisotopic (exact) mass is 435 g/mol. The molecule has 29 heavy (non-hydrogen) atoms. The third-order valence-corrected chi connectivity index (χ3v) is 5.30. The van der Waals surface area contributed by atoms with E-state index in [1.54, 1.807) is 6.20 Å². The fraction of sp³-hybridized carbons (Fsp3) is 0.381. The van der Waals surface area contributed by atoms with E-state index < -0.39 is 0 Å². The van der Waals surface area contributed by atoms with E-state index in [2.05, 4.69) is 22.7 Å². The Labute approximate surface area is 183 Å². The maximum Gasteiger partial charge on any atom is 0.252 e. The van der Waals surface area contributed by atoms with Gasteiger partial charge in [-0.05, 0) is 39.3 Å². The number of piperidine rings is 1. The number of aromatic nitrogens is 3. The molecule has 156 valence electrons.